The maximum Gasteiger partial charge on any atom is 0.278 e. The SMILES string of the molecule is Cc1ccc(NC(=O)c2n[nH]c(C)c2N)c(Cl)c1. The minimum Gasteiger partial charge on any atom is -0.395 e. The lowest BCUT2D eigenvalue weighted by Crippen LogP contribution is -2.14. The molecule has 4 N–H and O–H groups in total. The van der Waals surface area contributed by atoms with Crippen LogP contribution >= 0.6 is 11.6 Å². The fourth-order valence-electron chi connectivity index (χ4n) is 1.51. The second kappa shape index (κ2) is 4.70. The quantitative estimate of drug-likeness (QED) is 0.779. The van der Waals surface area contributed by atoms with Crippen LogP contribution in [0.3, 0.4) is 0 Å². The van der Waals surface area contributed by atoms with Gasteiger partial charge in [0.1, 0.15) is 0 Å². The van der Waals surface area contributed by atoms with Crippen LogP contribution in [-0.2, 0) is 0 Å². The number of aryl methyl sites for hydroxylation is 2. The molecule has 0 atom stereocenters. The molecule has 0 aliphatic rings. The van der Waals surface area contributed by atoms with Crippen molar-refractivity contribution in [1.29, 1.82) is 0 Å². The Hall–Kier alpha value is -2.01. The van der Waals surface area contributed by atoms with E-state index < -0.39 is 0 Å². The van der Waals surface area contributed by atoms with E-state index in [1.54, 1.807) is 19.1 Å². The standard InChI is InChI=1S/C12H13ClN4O/c1-6-3-4-9(8(13)5-6)15-12(18)11-10(14)7(2)16-17-11/h3-5H,14H2,1-2H3,(H,15,18)(H,16,17). The number of amides is 1. The number of nitrogens with one attached hydrogen (secondary N) is 2. The van der Waals surface area contributed by atoms with Crippen molar-refractivity contribution < 1.29 is 4.79 Å². The Balaban J connectivity index is 2.24. The maximum absolute atomic E-state index is 12.0. The van der Waals surface area contributed by atoms with E-state index >= 15 is 0 Å². The van der Waals surface area contributed by atoms with Crippen molar-refractivity contribution in [2.75, 3.05) is 11.1 Å². The number of nitrogens with zero attached hydrogens (tertiary/aromatic N) is 1. The van der Waals surface area contributed by atoms with Crippen molar-refractivity contribution in [3.63, 3.8) is 0 Å². The van der Waals surface area contributed by atoms with Gasteiger partial charge in [0.25, 0.3) is 5.91 Å². The summed E-state index contributed by atoms with van der Waals surface area (Å²) in [5, 5.41) is 9.67. The molecule has 1 amide bonds. The number of nitrogen functional groups attached to an aromatic ring is 1. The van der Waals surface area contributed by atoms with E-state index in [-0.39, 0.29) is 11.6 Å². The highest BCUT2D eigenvalue weighted by atomic mass is 35.5. The minimum atomic E-state index is -0.386. The molecule has 18 heavy (non-hydrogen) atoms. The molecular weight excluding hydrogens is 252 g/mol. The third-order valence-corrected chi connectivity index (χ3v) is 2.90. The Morgan fingerprint density at radius 2 is 2.17 bits per heavy atom. The summed E-state index contributed by atoms with van der Waals surface area (Å²) in [5.41, 5.74) is 8.46. The summed E-state index contributed by atoms with van der Waals surface area (Å²) in [6.45, 7) is 3.67. The normalized spacial score (nSPS) is 10.4. The van der Waals surface area contributed by atoms with Crippen molar-refractivity contribution in [1.82, 2.24) is 10.2 Å². The van der Waals surface area contributed by atoms with Crippen LogP contribution in [-0.4, -0.2) is 16.1 Å². The van der Waals surface area contributed by atoms with Crippen molar-refractivity contribution in [3.8, 4) is 0 Å². The maximum atomic E-state index is 12.0. The molecule has 0 spiro atoms. The zero-order valence-electron chi connectivity index (χ0n) is 10.0. The minimum absolute atomic E-state index is 0.171. The topological polar surface area (TPSA) is 83.8 Å². The van der Waals surface area contributed by atoms with E-state index in [1.807, 2.05) is 13.0 Å². The number of hydrogen-bond donors (Lipinski definition) is 3. The van der Waals surface area contributed by atoms with E-state index in [1.165, 1.54) is 0 Å². The molecule has 0 bridgehead atoms. The molecule has 0 fully saturated rings. The van der Waals surface area contributed by atoms with Crippen LogP contribution in [0.4, 0.5) is 11.4 Å². The number of nitrogens with two attached hydrogens (primary N) is 1. The molecule has 1 aromatic heterocycles. The summed E-state index contributed by atoms with van der Waals surface area (Å²) in [6.07, 6.45) is 0. The summed E-state index contributed by atoms with van der Waals surface area (Å²) in [4.78, 5) is 12.0. The van der Waals surface area contributed by atoms with Crippen LogP contribution in [0, 0.1) is 13.8 Å². The van der Waals surface area contributed by atoms with Crippen LogP contribution < -0.4 is 11.1 Å². The Morgan fingerprint density at radius 3 is 2.72 bits per heavy atom. The molecule has 1 aromatic carbocycles. The molecule has 1 heterocycles. The molecule has 5 nitrogen and oxygen atoms in total. The Labute approximate surface area is 109 Å². The van der Waals surface area contributed by atoms with E-state index in [0.29, 0.717) is 22.1 Å². The fourth-order valence-corrected chi connectivity index (χ4v) is 1.80. The molecule has 2 rings (SSSR count). The van der Waals surface area contributed by atoms with Crippen LogP contribution in [0.5, 0.6) is 0 Å². The average Bonchev–Trinajstić information content (AvgIpc) is 2.64. The largest absolute Gasteiger partial charge is 0.395 e. The van der Waals surface area contributed by atoms with Gasteiger partial charge in [-0.15, -0.1) is 0 Å². The predicted octanol–water partition coefficient (Wildman–Crippen LogP) is 2.51. The van der Waals surface area contributed by atoms with Gasteiger partial charge in [-0.2, -0.15) is 5.10 Å². The van der Waals surface area contributed by atoms with Crippen molar-refractivity contribution >= 4 is 28.9 Å². The first-order valence-corrected chi connectivity index (χ1v) is 5.74. The summed E-state index contributed by atoms with van der Waals surface area (Å²) in [5.74, 6) is -0.386. The molecule has 94 valence electrons. The van der Waals surface area contributed by atoms with Crippen LogP contribution in [0.25, 0.3) is 0 Å². The number of carbonyl (C=O) groups is 1. The van der Waals surface area contributed by atoms with Gasteiger partial charge in [0.05, 0.1) is 22.1 Å². The summed E-state index contributed by atoms with van der Waals surface area (Å²) < 4.78 is 0. The number of anilines is 2. The molecule has 0 saturated heterocycles. The number of carbonyl (C=O) groups excluding carboxylic acids is 1. The van der Waals surface area contributed by atoms with E-state index in [4.69, 9.17) is 17.3 Å². The lowest BCUT2D eigenvalue weighted by atomic mass is 10.2. The lowest BCUT2D eigenvalue weighted by Gasteiger charge is -2.06. The number of H-pyrrole nitrogens is 1. The molecule has 6 heteroatoms. The van der Waals surface area contributed by atoms with E-state index in [9.17, 15) is 4.79 Å². The van der Waals surface area contributed by atoms with Gasteiger partial charge in [0.15, 0.2) is 5.69 Å². The number of benzene rings is 1. The Morgan fingerprint density at radius 1 is 1.44 bits per heavy atom. The third-order valence-electron chi connectivity index (χ3n) is 2.58. The van der Waals surface area contributed by atoms with Crippen LogP contribution in [0.1, 0.15) is 21.7 Å². The average molecular weight is 265 g/mol. The van der Waals surface area contributed by atoms with E-state index in [0.717, 1.165) is 5.56 Å². The first-order chi connectivity index (χ1) is 8.49. The highest BCUT2D eigenvalue weighted by molar-refractivity contribution is 6.34. The molecule has 0 aliphatic heterocycles. The fraction of sp³-hybridized carbons (Fsp3) is 0.167. The zero-order valence-corrected chi connectivity index (χ0v) is 10.8. The zero-order chi connectivity index (χ0) is 13.3. The number of aromatic amines is 1. The lowest BCUT2D eigenvalue weighted by molar-refractivity contribution is 0.102. The van der Waals surface area contributed by atoms with Gasteiger partial charge in [-0.3, -0.25) is 9.89 Å². The number of rotatable bonds is 2. The monoisotopic (exact) mass is 264 g/mol. The van der Waals surface area contributed by atoms with Gasteiger partial charge >= 0.3 is 0 Å². The molecule has 0 aliphatic carbocycles. The number of halogens is 1. The van der Waals surface area contributed by atoms with Crippen LogP contribution in [0.2, 0.25) is 5.02 Å². The highest BCUT2D eigenvalue weighted by Crippen LogP contribution is 2.24. The van der Waals surface area contributed by atoms with Gasteiger partial charge in [-0.25, -0.2) is 0 Å². The number of aromatic nitrogens is 2. The van der Waals surface area contributed by atoms with Gasteiger partial charge in [0.2, 0.25) is 0 Å². The first-order valence-electron chi connectivity index (χ1n) is 5.37. The Bertz CT molecular complexity index is 606. The van der Waals surface area contributed by atoms with E-state index in [2.05, 4.69) is 15.5 Å². The summed E-state index contributed by atoms with van der Waals surface area (Å²) in [7, 11) is 0. The molecular formula is C12H13ClN4O. The second-order valence-corrected chi connectivity index (χ2v) is 4.46. The second-order valence-electron chi connectivity index (χ2n) is 4.05. The molecule has 2 aromatic rings. The van der Waals surface area contributed by atoms with Crippen molar-refractivity contribution in [2.24, 2.45) is 0 Å². The van der Waals surface area contributed by atoms with Gasteiger partial charge in [-0.1, -0.05) is 17.7 Å². The molecule has 0 radical (unpaired) electrons. The smallest absolute Gasteiger partial charge is 0.278 e. The van der Waals surface area contributed by atoms with Crippen molar-refractivity contribution in [3.05, 3.63) is 40.2 Å². The van der Waals surface area contributed by atoms with Gasteiger partial charge in [-0.05, 0) is 31.5 Å². The summed E-state index contributed by atoms with van der Waals surface area (Å²) >= 11 is 6.03. The summed E-state index contributed by atoms with van der Waals surface area (Å²) in [6, 6.07) is 5.38. The van der Waals surface area contributed by atoms with Crippen molar-refractivity contribution in [2.45, 2.75) is 13.8 Å². The van der Waals surface area contributed by atoms with Crippen LogP contribution in [0.15, 0.2) is 18.2 Å². The van der Waals surface area contributed by atoms with Gasteiger partial charge < -0.3 is 11.1 Å². The Kier molecular flexibility index (Phi) is 3.25. The first kappa shape index (κ1) is 12.4. The third kappa shape index (κ3) is 2.31. The predicted molar refractivity (Wildman–Crippen MR) is 71.9 cm³/mol. The molecule has 0 saturated carbocycles. The van der Waals surface area contributed by atoms with Gasteiger partial charge in [0, 0.05) is 0 Å². The highest BCUT2D eigenvalue weighted by Gasteiger charge is 2.16. The molecule has 0 unspecified atom stereocenters. The number of hydrogen-bond acceptors (Lipinski definition) is 3.